The Bertz CT molecular complexity index is 851. The number of halogens is 1. The molecular weight excluding hydrogens is 336 g/mol. The highest BCUT2D eigenvalue weighted by atomic mass is 35.5. The topological polar surface area (TPSA) is 84.0 Å². The highest BCUT2D eigenvalue weighted by Gasteiger charge is 2.35. The second-order valence-corrected chi connectivity index (χ2v) is 7.97. The zero-order valence-corrected chi connectivity index (χ0v) is 14.4. The molecule has 3 rings (SSSR count). The van der Waals surface area contributed by atoms with Gasteiger partial charge >= 0.3 is 0 Å². The molecule has 6 nitrogen and oxygen atoms in total. The number of rotatable bonds is 5. The van der Waals surface area contributed by atoms with Crippen LogP contribution in [0.2, 0.25) is 5.28 Å². The lowest BCUT2D eigenvalue weighted by Crippen LogP contribution is -2.18. The van der Waals surface area contributed by atoms with E-state index in [2.05, 4.69) is 20.0 Å². The van der Waals surface area contributed by atoms with E-state index in [0.717, 1.165) is 29.7 Å². The van der Waals surface area contributed by atoms with E-state index < -0.39 is 10.0 Å². The van der Waals surface area contributed by atoms with Crippen LogP contribution in [0.5, 0.6) is 0 Å². The molecule has 122 valence electrons. The Morgan fingerprint density at radius 2 is 1.96 bits per heavy atom. The van der Waals surface area contributed by atoms with Crippen LogP contribution in [0.15, 0.2) is 24.4 Å². The van der Waals surface area contributed by atoms with E-state index in [1.807, 2.05) is 26.0 Å². The monoisotopic (exact) mass is 352 g/mol. The number of nitrogens with zero attached hydrogens (tertiary/aromatic N) is 2. The first-order valence-corrected chi connectivity index (χ1v) is 9.16. The van der Waals surface area contributed by atoms with Crippen LogP contribution >= 0.6 is 11.6 Å². The molecule has 0 spiro atoms. The predicted octanol–water partition coefficient (Wildman–Crippen LogP) is 3.39. The Morgan fingerprint density at radius 3 is 2.65 bits per heavy atom. The molecule has 2 N–H and O–H groups in total. The quantitative estimate of drug-likeness (QED) is 0.806. The fraction of sp³-hybridized carbons (Fsp3) is 0.333. The van der Waals surface area contributed by atoms with Gasteiger partial charge in [-0.3, -0.25) is 4.72 Å². The normalized spacial score (nSPS) is 14.6. The molecule has 0 aliphatic heterocycles. The maximum Gasteiger partial charge on any atom is 0.235 e. The second kappa shape index (κ2) is 5.98. The Balaban J connectivity index is 1.86. The minimum absolute atomic E-state index is 0.153. The van der Waals surface area contributed by atoms with Crippen molar-refractivity contribution in [1.82, 2.24) is 9.97 Å². The molecule has 1 aromatic carbocycles. The van der Waals surface area contributed by atoms with Crippen molar-refractivity contribution in [3.8, 4) is 0 Å². The molecule has 23 heavy (non-hydrogen) atoms. The molecule has 0 radical (unpaired) electrons. The van der Waals surface area contributed by atoms with E-state index in [1.54, 1.807) is 12.3 Å². The number of anilines is 3. The second-order valence-electron chi connectivity index (χ2n) is 5.67. The summed E-state index contributed by atoms with van der Waals surface area (Å²) in [5, 5.41) is 3.03. The van der Waals surface area contributed by atoms with Crippen LogP contribution in [0.25, 0.3) is 0 Å². The van der Waals surface area contributed by atoms with Gasteiger partial charge in [0.2, 0.25) is 15.3 Å². The molecule has 1 aliphatic rings. The lowest BCUT2D eigenvalue weighted by molar-refractivity contribution is 0.600. The first kappa shape index (κ1) is 16.0. The molecule has 1 saturated carbocycles. The van der Waals surface area contributed by atoms with Gasteiger partial charge in [-0.2, -0.15) is 0 Å². The van der Waals surface area contributed by atoms with Gasteiger partial charge in [0.05, 0.1) is 10.9 Å². The van der Waals surface area contributed by atoms with Gasteiger partial charge in [0, 0.05) is 17.4 Å². The lowest BCUT2D eigenvalue weighted by atomic mass is 10.2. The number of hydrogen-bond donors (Lipinski definition) is 2. The minimum atomic E-state index is -3.29. The summed E-state index contributed by atoms with van der Waals surface area (Å²) in [5.41, 5.74) is 2.99. The van der Waals surface area contributed by atoms with Crippen molar-refractivity contribution >= 4 is 38.8 Å². The van der Waals surface area contributed by atoms with Crippen LogP contribution in [0, 0.1) is 13.8 Å². The van der Waals surface area contributed by atoms with Crippen molar-refractivity contribution in [2.24, 2.45) is 0 Å². The van der Waals surface area contributed by atoms with E-state index in [4.69, 9.17) is 11.6 Å². The number of benzene rings is 1. The van der Waals surface area contributed by atoms with Gasteiger partial charge in [-0.1, -0.05) is 6.07 Å². The summed E-state index contributed by atoms with van der Waals surface area (Å²) >= 11 is 5.81. The van der Waals surface area contributed by atoms with Crippen molar-refractivity contribution in [3.63, 3.8) is 0 Å². The highest BCUT2D eigenvalue weighted by Crippen LogP contribution is 2.31. The van der Waals surface area contributed by atoms with Crippen LogP contribution < -0.4 is 10.0 Å². The van der Waals surface area contributed by atoms with Crippen LogP contribution in [0.3, 0.4) is 0 Å². The van der Waals surface area contributed by atoms with Crippen LogP contribution in [0.4, 0.5) is 17.2 Å². The van der Waals surface area contributed by atoms with Crippen LogP contribution in [0.1, 0.15) is 24.0 Å². The Kier molecular flexibility index (Phi) is 4.16. The molecule has 0 unspecified atom stereocenters. The van der Waals surface area contributed by atoms with Crippen molar-refractivity contribution in [1.29, 1.82) is 0 Å². The molecule has 0 atom stereocenters. The average molecular weight is 353 g/mol. The Hall–Kier alpha value is -1.86. The molecule has 1 aromatic heterocycles. The largest absolute Gasteiger partial charge is 0.340 e. The molecule has 0 amide bonds. The van der Waals surface area contributed by atoms with Gasteiger partial charge in [-0.15, -0.1) is 0 Å². The van der Waals surface area contributed by atoms with Crippen molar-refractivity contribution in [2.75, 3.05) is 10.0 Å². The maximum atomic E-state index is 12.1. The Labute approximate surface area is 140 Å². The molecule has 0 saturated heterocycles. The molecule has 0 bridgehead atoms. The highest BCUT2D eigenvalue weighted by molar-refractivity contribution is 7.93. The third-order valence-electron chi connectivity index (χ3n) is 3.66. The molecule has 1 heterocycles. The lowest BCUT2D eigenvalue weighted by Gasteiger charge is -2.13. The van der Waals surface area contributed by atoms with E-state index in [9.17, 15) is 8.42 Å². The zero-order valence-electron chi connectivity index (χ0n) is 12.8. The summed E-state index contributed by atoms with van der Waals surface area (Å²) in [6.07, 6.45) is 3.08. The van der Waals surface area contributed by atoms with Gasteiger partial charge in [0.1, 0.15) is 5.82 Å². The van der Waals surface area contributed by atoms with Crippen LogP contribution in [-0.2, 0) is 10.0 Å². The summed E-state index contributed by atoms with van der Waals surface area (Å²) in [4.78, 5) is 8.05. The first-order valence-electron chi connectivity index (χ1n) is 7.23. The molecule has 8 heteroatoms. The molecular formula is C15H17ClN4O2S. The summed E-state index contributed by atoms with van der Waals surface area (Å²) in [7, 11) is -3.29. The summed E-state index contributed by atoms with van der Waals surface area (Å²) in [6.45, 7) is 3.73. The Morgan fingerprint density at radius 1 is 1.22 bits per heavy atom. The van der Waals surface area contributed by atoms with E-state index in [0.29, 0.717) is 11.5 Å². The third-order valence-corrected chi connectivity index (χ3v) is 5.69. The van der Waals surface area contributed by atoms with Crippen molar-refractivity contribution in [3.05, 3.63) is 40.8 Å². The third kappa shape index (κ3) is 3.73. The van der Waals surface area contributed by atoms with Crippen LogP contribution in [-0.4, -0.2) is 23.6 Å². The SMILES string of the molecule is Cc1ccc(Nc2nc(Cl)ncc2C)cc1NS(=O)(=O)C1CC1. The minimum Gasteiger partial charge on any atom is -0.340 e. The van der Waals surface area contributed by atoms with Gasteiger partial charge in [-0.05, 0) is 56.0 Å². The zero-order chi connectivity index (χ0) is 16.6. The van der Waals surface area contributed by atoms with E-state index in [-0.39, 0.29) is 10.5 Å². The maximum absolute atomic E-state index is 12.1. The summed E-state index contributed by atoms with van der Waals surface area (Å²) in [6, 6.07) is 5.47. The first-order chi connectivity index (χ1) is 10.8. The van der Waals surface area contributed by atoms with Gasteiger partial charge < -0.3 is 5.32 Å². The predicted molar refractivity (Wildman–Crippen MR) is 91.8 cm³/mol. The summed E-state index contributed by atoms with van der Waals surface area (Å²) < 4.78 is 26.9. The number of nitrogens with one attached hydrogen (secondary N) is 2. The van der Waals surface area contributed by atoms with E-state index in [1.165, 1.54) is 0 Å². The molecule has 2 aromatic rings. The van der Waals surface area contributed by atoms with Gasteiger partial charge in [0.15, 0.2) is 0 Å². The smallest absolute Gasteiger partial charge is 0.235 e. The fourth-order valence-electron chi connectivity index (χ4n) is 2.11. The standard InChI is InChI=1S/C15H17ClN4O2S/c1-9-3-4-11(18-14-10(2)8-17-15(16)19-14)7-13(9)20-23(21,22)12-5-6-12/h3-4,7-8,12,20H,5-6H2,1-2H3,(H,17,18,19). The number of sulfonamides is 1. The number of aryl methyl sites for hydroxylation is 2. The average Bonchev–Trinajstić information content (AvgIpc) is 3.31. The summed E-state index contributed by atoms with van der Waals surface area (Å²) in [5.74, 6) is 0.588. The fourth-order valence-corrected chi connectivity index (χ4v) is 3.69. The number of hydrogen-bond acceptors (Lipinski definition) is 5. The van der Waals surface area contributed by atoms with Crippen molar-refractivity contribution in [2.45, 2.75) is 31.9 Å². The van der Waals surface area contributed by atoms with E-state index >= 15 is 0 Å². The number of aromatic nitrogens is 2. The van der Waals surface area contributed by atoms with Gasteiger partial charge in [-0.25, -0.2) is 18.4 Å². The van der Waals surface area contributed by atoms with Gasteiger partial charge in [0.25, 0.3) is 0 Å². The van der Waals surface area contributed by atoms with Crippen molar-refractivity contribution < 1.29 is 8.42 Å². The molecule has 1 aliphatic carbocycles. The molecule has 1 fully saturated rings.